The van der Waals surface area contributed by atoms with Gasteiger partial charge in [0.1, 0.15) is 18.2 Å². The fraction of sp³-hybridized carbons (Fsp3) is 0.0909. The number of benzene rings is 3. The van der Waals surface area contributed by atoms with Crippen LogP contribution in [0.3, 0.4) is 0 Å². The number of nitriles is 1. The highest BCUT2D eigenvalue weighted by Crippen LogP contribution is 2.38. The van der Waals surface area contributed by atoms with Crippen molar-refractivity contribution >= 4 is 33.0 Å². The number of oxazole rings is 1. The van der Waals surface area contributed by atoms with E-state index in [1.807, 2.05) is 48.0 Å². The maximum atomic E-state index is 9.16. The van der Waals surface area contributed by atoms with Gasteiger partial charge < -0.3 is 8.83 Å². The van der Waals surface area contributed by atoms with Crippen molar-refractivity contribution in [1.82, 2.24) is 0 Å². The highest BCUT2D eigenvalue weighted by atomic mass is 16.4. The minimum Gasteiger partial charge on any atom is -0.455 e. The van der Waals surface area contributed by atoms with Crippen molar-refractivity contribution in [3.63, 3.8) is 0 Å². The quantitative estimate of drug-likeness (QED) is 0.404. The van der Waals surface area contributed by atoms with E-state index in [4.69, 9.17) is 14.1 Å². The molecule has 0 atom stereocenters. The highest BCUT2D eigenvalue weighted by molar-refractivity contribution is 6.09. The lowest BCUT2D eigenvalue weighted by Gasteiger charge is -2.00. The molecule has 124 valence electrons. The lowest BCUT2D eigenvalue weighted by atomic mass is 10.0. The van der Waals surface area contributed by atoms with Crippen LogP contribution in [-0.2, 0) is 7.05 Å². The molecule has 0 spiro atoms. The number of nitrogens with zero attached hydrogens (tertiary/aromatic N) is 2. The molecule has 0 N–H and O–H groups in total. The minimum atomic E-state index is 0.587. The van der Waals surface area contributed by atoms with E-state index in [0.717, 1.165) is 44.5 Å². The summed E-state index contributed by atoms with van der Waals surface area (Å²) in [5.41, 5.74) is 5.97. The molecule has 2 aromatic heterocycles. The minimum absolute atomic E-state index is 0.587. The molecule has 0 bridgehead atoms. The summed E-state index contributed by atoms with van der Waals surface area (Å²) in [4.78, 5) is 0. The van der Waals surface area contributed by atoms with Crippen molar-refractivity contribution in [3.8, 4) is 17.5 Å². The van der Waals surface area contributed by atoms with Gasteiger partial charge in [-0.15, -0.1) is 0 Å². The van der Waals surface area contributed by atoms with Crippen LogP contribution in [0.5, 0.6) is 0 Å². The summed E-state index contributed by atoms with van der Waals surface area (Å²) in [7, 11) is 2.00. The Labute approximate surface area is 149 Å². The highest BCUT2D eigenvalue weighted by Gasteiger charge is 2.26. The van der Waals surface area contributed by atoms with E-state index >= 15 is 0 Å². The molecule has 3 aromatic carbocycles. The molecule has 0 aliphatic rings. The number of furan rings is 1. The van der Waals surface area contributed by atoms with Gasteiger partial charge in [-0.1, -0.05) is 24.3 Å². The molecule has 0 aliphatic heterocycles. The average molecular weight is 339 g/mol. The Morgan fingerprint density at radius 3 is 2.54 bits per heavy atom. The second-order valence-electron chi connectivity index (χ2n) is 6.49. The van der Waals surface area contributed by atoms with Gasteiger partial charge in [0.2, 0.25) is 5.58 Å². The van der Waals surface area contributed by atoms with Crippen molar-refractivity contribution in [3.05, 3.63) is 65.7 Å². The van der Waals surface area contributed by atoms with Gasteiger partial charge in [-0.25, -0.2) is 0 Å². The predicted molar refractivity (Wildman–Crippen MR) is 99.6 cm³/mol. The van der Waals surface area contributed by atoms with Crippen molar-refractivity contribution in [1.29, 1.82) is 5.26 Å². The molecule has 5 rings (SSSR count). The first-order valence-corrected chi connectivity index (χ1v) is 8.41. The van der Waals surface area contributed by atoms with Gasteiger partial charge in [-0.2, -0.15) is 9.83 Å². The van der Waals surface area contributed by atoms with E-state index in [2.05, 4.69) is 25.1 Å². The Hall–Kier alpha value is -3.58. The topological polar surface area (TPSA) is 54.0 Å². The molecule has 4 nitrogen and oxygen atoms in total. The van der Waals surface area contributed by atoms with Gasteiger partial charge in [0.25, 0.3) is 5.52 Å². The maximum Gasteiger partial charge on any atom is 0.385 e. The predicted octanol–water partition coefficient (Wildman–Crippen LogP) is 5.00. The number of aryl methyl sites for hydroxylation is 2. The molecule has 5 aromatic rings. The number of aromatic nitrogens is 1. The molecule has 0 radical (unpaired) electrons. The van der Waals surface area contributed by atoms with E-state index in [0.29, 0.717) is 11.1 Å². The van der Waals surface area contributed by atoms with E-state index in [1.54, 1.807) is 6.07 Å². The van der Waals surface area contributed by atoms with Crippen LogP contribution < -0.4 is 4.57 Å². The first-order valence-electron chi connectivity index (χ1n) is 8.41. The van der Waals surface area contributed by atoms with Gasteiger partial charge in [0, 0.05) is 16.8 Å². The largest absolute Gasteiger partial charge is 0.455 e. The first-order chi connectivity index (χ1) is 12.7. The number of para-hydroxylation sites is 2. The van der Waals surface area contributed by atoms with Gasteiger partial charge in [-0.3, -0.25) is 0 Å². The molecule has 4 heteroatoms. The Bertz CT molecular complexity index is 1370. The van der Waals surface area contributed by atoms with Gasteiger partial charge in [0.05, 0.1) is 11.6 Å². The molecule has 0 unspecified atom stereocenters. The zero-order chi connectivity index (χ0) is 17.8. The molecular weight excluding hydrogens is 324 g/mol. The van der Waals surface area contributed by atoms with Crippen LogP contribution in [0.25, 0.3) is 44.5 Å². The number of rotatable bonds is 1. The zero-order valence-corrected chi connectivity index (χ0v) is 14.4. The fourth-order valence-corrected chi connectivity index (χ4v) is 3.60. The van der Waals surface area contributed by atoms with Gasteiger partial charge in [-0.05, 0) is 36.8 Å². The summed E-state index contributed by atoms with van der Waals surface area (Å²) < 4.78 is 14.4. The lowest BCUT2D eigenvalue weighted by Crippen LogP contribution is -2.28. The summed E-state index contributed by atoms with van der Waals surface area (Å²) >= 11 is 0. The van der Waals surface area contributed by atoms with Gasteiger partial charge in [0.15, 0.2) is 5.58 Å². The fourth-order valence-electron chi connectivity index (χ4n) is 3.60. The second-order valence-corrected chi connectivity index (χ2v) is 6.49. The summed E-state index contributed by atoms with van der Waals surface area (Å²) in [5.74, 6) is 0.758. The molecule has 0 amide bonds. The standard InChI is InChI=1S/C22H15N2O2/c1-13-7-9-16-15-10-8-14(12-23)11-19(15)25-21(16)20(13)22-24(2)17-5-3-4-6-18(17)26-22/h3-11H,1-2H3/q+1. The van der Waals surface area contributed by atoms with E-state index < -0.39 is 0 Å². The van der Waals surface area contributed by atoms with Crippen LogP contribution in [0.1, 0.15) is 11.1 Å². The third-order valence-electron chi connectivity index (χ3n) is 4.93. The third kappa shape index (κ3) is 1.91. The van der Waals surface area contributed by atoms with Crippen LogP contribution in [0.2, 0.25) is 0 Å². The number of fused-ring (bicyclic) bond motifs is 4. The zero-order valence-electron chi connectivity index (χ0n) is 14.4. The van der Waals surface area contributed by atoms with Crippen LogP contribution in [0.4, 0.5) is 0 Å². The molecule has 0 aliphatic carbocycles. The molecule has 0 fully saturated rings. The van der Waals surface area contributed by atoms with Crippen LogP contribution in [0, 0.1) is 18.3 Å². The van der Waals surface area contributed by atoms with Gasteiger partial charge >= 0.3 is 5.89 Å². The molecule has 0 saturated heterocycles. The maximum absolute atomic E-state index is 9.16. The second kappa shape index (κ2) is 5.21. The summed E-state index contributed by atoms with van der Waals surface area (Å²) in [6.45, 7) is 2.05. The van der Waals surface area contributed by atoms with E-state index in [9.17, 15) is 0 Å². The van der Waals surface area contributed by atoms with E-state index in [-0.39, 0.29) is 0 Å². The average Bonchev–Trinajstić information content (AvgIpc) is 3.19. The molecular formula is C22H15N2O2+. The van der Waals surface area contributed by atoms with Crippen molar-refractivity contribution < 1.29 is 13.4 Å². The first kappa shape index (κ1) is 14.7. The Balaban J connectivity index is 1.91. The molecule has 2 heterocycles. The normalized spacial score (nSPS) is 11.4. The van der Waals surface area contributed by atoms with Crippen molar-refractivity contribution in [2.24, 2.45) is 7.05 Å². The lowest BCUT2D eigenvalue weighted by molar-refractivity contribution is -0.637. The third-order valence-corrected chi connectivity index (χ3v) is 4.93. The number of hydrogen-bond acceptors (Lipinski definition) is 3. The smallest absolute Gasteiger partial charge is 0.385 e. The SMILES string of the molecule is Cc1ccc2c(oc3cc(C#N)ccc32)c1-c1oc2ccccc2[n+]1C. The van der Waals surface area contributed by atoms with Crippen LogP contribution >= 0.6 is 0 Å². The molecule has 26 heavy (non-hydrogen) atoms. The molecule has 0 saturated carbocycles. The summed E-state index contributed by atoms with van der Waals surface area (Å²) in [5, 5.41) is 11.2. The van der Waals surface area contributed by atoms with Crippen molar-refractivity contribution in [2.75, 3.05) is 0 Å². The van der Waals surface area contributed by atoms with Crippen LogP contribution in [0.15, 0.2) is 63.4 Å². The van der Waals surface area contributed by atoms with Crippen LogP contribution in [-0.4, -0.2) is 0 Å². The Morgan fingerprint density at radius 1 is 0.923 bits per heavy atom. The van der Waals surface area contributed by atoms with Crippen molar-refractivity contribution in [2.45, 2.75) is 6.92 Å². The van der Waals surface area contributed by atoms with E-state index in [1.165, 1.54) is 0 Å². The number of hydrogen-bond donors (Lipinski definition) is 0. The monoisotopic (exact) mass is 339 g/mol. The Kier molecular flexibility index (Phi) is 2.95. The Morgan fingerprint density at radius 2 is 1.73 bits per heavy atom. The summed E-state index contributed by atoms with van der Waals surface area (Å²) in [6, 6.07) is 19.8. The summed E-state index contributed by atoms with van der Waals surface area (Å²) in [6.07, 6.45) is 0.